The van der Waals surface area contributed by atoms with Crippen molar-refractivity contribution in [3.63, 3.8) is 0 Å². The van der Waals surface area contributed by atoms with E-state index in [1.165, 1.54) is 6.92 Å². The summed E-state index contributed by atoms with van der Waals surface area (Å²) in [4.78, 5) is 0. The Bertz CT molecular complexity index is 137. The summed E-state index contributed by atoms with van der Waals surface area (Å²) in [5, 5.41) is 6.17. The van der Waals surface area contributed by atoms with Crippen molar-refractivity contribution in [2.45, 2.75) is 6.92 Å². The number of rotatable bonds is 1. The van der Waals surface area contributed by atoms with Gasteiger partial charge < -0.3 is 5.73 Å². The van der Waals surface area contributed by atoms with Crippen LogP contribution in [0.2, 0.25) is 0 Å². The molecule has 3 N–H and O–H groups in total. The normalized spacial score (nSPS) is 12.9. The number of nitrogens with one attached hydrogen (secondary N) is 1. The predicted octanol–water partition coefficient (Wildman–Crippen LogP) is 1.36. The van der Waals surface area contributed by atoms with Gasteiger partial charge in [-0.3, -0.25) is 5.41 Å². The molecule has 0 bridgehead atoms. The van der Waals surface area contributed by atoms with Crippen molar-refractivity contribution in [2.75, 3.05) is 0 Å². The van der Waals surface area contributed by atoms with Gasteiger partial charge in [-0.25, -0.2) is 0 Å². The van der Waals surface area contributed by atoms with Gasteiger partial charge >= 0.3 is 0 Å². The lowest BCUT2D eigenvalue weighted by Crippen LogP contribution is -1.98. The van der Waals surface area contributed by atoms with E-state index in [1.807, 2.05) is 0 Å². The molecule has 0 aliphatic rings. The Morgan fingerprint density at radius 1 is 1.75 bits per heavy atom. The molecule has 0 spiro atoms. The minimum absolute atomic E-state index is 0.0216. The average molecular weight is 137 g/mol. The van der Waals surface area contributed by atoms with E-state index in [0.717, 1.165) is 0 Å². The quantitative estimate of drug-likeness (QED) is 0.415. The van der Waals surface area contributed by atoms with Gasteiger partial charge in [-0.15, -0.1) is 0 Å². The smallest absolute Gasteiger partial charge is 0.211 e. The van der Waals surface area contributed by atoms with E-state index in [-0.39, 0.29) is 10.7 Å². The van der Waals surface area contributed by atoms with E-state index >= 15 is 0 Å². The third-order valence-corrected chi connectivity index (χ3v) is 0.971. The zero-order valence-electron chi connectivity index (χ0n) is 4.33. The molecule has 4 heteroatoms. The molecule has 0 aromatic rings. The lowest BCUT2D eigenvalue weighted by Gasteiger charge is -1.91. The van der Waals surface area contributed by atoms with Crippen LogP contribution in [-0.2, 0) is 0 Å². The summed E-state index contributed by atoms with van der Waals surface area (Å²) in [5.41, 5.74) is 4.88. The number of nitrogens with two attached hydrogens (primary N) is 1. The number of halogens is 2. The van der Waals surface area contributed by atoms with Crippen LogP contribution < -0.4 is 5.73 Å². The minimum Gasteiger partial charge on any atom is -0.389 e. The molecule has 0 radical (unpaired) electrons. The summed E-state index contributed by atoms with van der Waals surface area (Å²) in [7, 11) is 0. The molecule has 0 saturated heterocycles. The van der Waals surface area contributed by atoms with Crippen LogP contribution in [0.4, 0.5) is 4.39 Å². The molecule has 0 rings (SSSR count). The highest BCUT2D eigenvalue weighted by Crippen LogP contribution is 2.03. The lowest BCUT2D eigenvalue weighted by atomic mass is 10.3. The van der Waals surface area contributed by atoms with Crippen molar-refractivity contribution in [1.29, 1.82) is 5.41 Å². The van der Waals surface area contributed by atoms with Gasteiger partial charge in [-0.1, -0.05) is 11.6 Å². The second kappa shape index (κ2) is 2.67. The van der Waals surface area contributed by atoms with E-state index in [9.17, 15) is 4.39 Å². The van der Waals surface area contributed by atoms with Crippen molar-refractivity contribution < 1.29 is 4.39 Å². The summed E-state index contributed by atoms with van der Waals surface area (Å²) >= 11 is 5.10. The van der Waals surface area contributed by atoms with Crippen LogP contribution in [-0.4, -0.2) is 5.97 Å². The fourth-order valence-corrected chi connectivity index (χ4v) is 0.188. The molecule has 0 amide bonds. The highest BCUT2D eigenvalue weighted by Gasteiger charge is 1.98. The van der Waals surface area contributed by atoms with Gasteiger partial charge in [-0.2, -0.15) is 4.39 Å². The number of hydrogen-bond acceptors (Lipinski definition) is 2. The maximum Gasteiger partial charge on any atom is 0.211 e. The highest BCUT2D eigenvalue weighted by atomic mass is 35.5. The van der Waals surface area contributed by atoms with Gasteiger partial charge in [0, 0.05) is 5.57 Å². The third kappa shape index (κ3) is 1.93. The van der Waals surface area contributed by atoms with Crippen molar-refractivity contribution in [1.82, 2.24) is 0 Å². The van der Waals surface area contributed by atoms with Crippen LogP contribution in [0.3, 0.4) is 0 Å². The van der Waals surface area contributed by atoms with Gasteiger partial charge in [-0.05, 0) is 6.92 Å². The molecule has 0 aliphatic carbocycles. The van der Waals surface area contributed by atoms with Crippen LogP contribution in [0.1, 0.15) is 6.92 Å². The monoisotopic (exact) mass is 136 g/mol. The summed E-state index contributed by atoms with van der Waals surface area (Å²) in [5.74, 6) is -1.09. The summed E-state index contributed by atoms with van der Waals surface area (Å²) in [6.45, 7) is 1.34. The first kappa shape index (κ1) is 7.43. The summed E-state index contributed by atoms with van der Waals surface area (Å²) in [6, 6.07) is 0. The van der Waals surface area contributed by atoms with Gasteiger partial charge in [0.2, 0.25) is 5.97 Å². The van der Waals surface area contributed by atoms with Crippen molar-refractivity contribution in [2.24, 2.45) is 5.73 Å². The number of hydrogen-bond donors (Lipinski definition) is 2. The van der Waals surface area contributed by atoms with Crippen molar-refractivity contribution in [3.05, 3.63) is 10.7 Å². The maximum absolute atomic E-state index is 11.7. The average Bonchev–Trinajstić information content (AvgIpc) is 1.64. The molecule has 0 aromatic heterocycles. The Kier molecular flexibility index (Phi) is 2.48. The molecule has 8 heavy (non-hydrogen) atoms. The molecule has 0 aliphatic heterocycles. The molecular weight excluding hydrogens is 131 g/mol. The van der Waals surface area contributed by atoms with E-state index in [1.54, 1.807) is 0 Å². The van der Waals surface area contributed by atoms with Crippen LogP contribution in [0, 0.1) is 5.41 Å². The zero-order chi connectivity index (χ0) is 6.73. The number of allylic oxidation sites excluding steroid dienone is 1. The zero-order valence-corrected chi connectivity index (χ0v) is 5.09. The van der Waals surface area contributed by atoms with Gasteiger partial charge in [0.1, 0.15) is 5.16 Å². The van der Waals surface area contributed by atoms with Crippen LogP contribution in [0.15, 0.2) is 10.7 Å². The standard InChI is InChI=1S/C4H6ClFN2/c1-2(3(5)7)4(6)8/h8H,7H2,1H3/b3-2-,8-4?. The SMILES string of the molecule is C/C(C(=N)F)=C(/N)Cl. The second-order valence-corrected chi connectivity index (χ2v) is 1.69. The first-order valence-electron chi connectivity index (χ1n) is 1.92. The van der Waals surface area contributed by atoms with E-state index in [0.29, 0.717) is 0 Å². The molecule has 0 fully saturated rings. The van der Waals surface area contributed by atoms with Crippen molar-refractivity contribution >= 4 is 17.6 Å². The fourth-order valence-electron chi connectivity index (χ4n) is 0.105. The van der Waals surface area contributed by atoms with Crippen LogP contribution in [0.5, 0.6) is 0 Å². The minimum atomic E-state index is -1.09. The van der Waals surface area contributed by atoms with E-state index in [4.69, 9.17) is 22.7 Å². The maximum atomic E-state index is 11.7. The molecule has 0 atom stereocenters. The van der Waals surface area contributed by atoms with Crippen molar-refractivity contribution in [3.8, 4) is 0 Å². The Morgan fingerprint density at radius 3 is 2.12 bits per heavy atom. The summed E-state index contributed by atoms with van der Waals surface area (Å²) < 4.78 is 11.7. The van der Waals surface area contributed by atoms with Gasteiger partial charge in [0.25, 0.3) is 0 Å². The molecule has 0 aromatic carbocycles. The first-order chi connectivity index (χ1) is 3.55. The van der Waals surface area contributed by atoms with E-state index in [2.05, 4.69) is 0 Å². The summed E-state index contributed by atoms with van der Waals surface area (Å²) in [6.07, 6.45) is 0. The Morgan fingerprint density at radius 2 is 2.12 bits per heavy atom. The topological polar surface area (TPSA) is 49.9 Å². The molecule has 0 saturated carbocycles. The Labute approximate surface area is 51.6 Å². The molecule has 2 nitrogen and oxygen atoms in total. The predicted molar refractivity (Wildman–Crippen MR) is 31.6 cm³/mol. The Balaban J connectivity index is 4.23. The molecule has 46 valence electrons. The van der Waals surface area contributed by atoms with Crippen LogP contribution in [0.25, 0.3) is 0 Å². The lowest BCUT2D eigenvalue weighted by molar-refractivity contribution is 0.792. The van der Waals surface area contributed by atoms with Gasteiger partial charge in [0.05, 0.1) is 0 Å². The first-order valence-corrected chi connectivity index (χ1v) is 2.29. The largest absolute Gasteiger partial charge is 0.389 e. The highest BCUT2D eigenvalue weighted by molar-refractivity contribution is 6.31. The Hall–Kier alpha value is -0.570. The second-order valence-electron chi connectivity index (χ2n) is 1.29. The fraction of sp³-hybridized carbons (Fsp3) is 0.250. The van der Waals surface area contributed by atoms with Gasteiger partial charge in [0.15, 0.2) is 0 Å². The van der Waals surface area contributed by atoms with Crippen LogP contribution >= 0.6 is 11.6 Å². The molecular formula is C4H6ClFN2. The third-order valence-electron chi connectivity index (χ3n) is 0.687. The molecule has 0 unspecified atom stereocenters. The van der Waals surface area contributed by atoms with E-state index < -0.39 is 5.97 Å². The molecule has 0 heterocycles.